The van der Waals surface area contributed by atoms with Gasteiger partial charge in [0, 0.05) is 27.6 Å². The van der Waals surface area contributed by atoms with Crippen LogP contribution in [0.15, 0.2) is 163 Å². The van der Waals surface area contributed by atoms with E-state index >= 15 is 0 Å². The minimum atomic E-state index is -2.93. The monoisotopic (exact) mass is 600 g/mol. The molecule has 2 aliphatic rings. The third-order valence-corrected chi connectivity index (χ3v) is 7.88. The Kier molecular flexibility index (Phi) is 2.03. The van der Waals surface area contributed by atoms with Crippen LogP contribution in [0.2, 0.25) is 0 Å². The van der Waals surface area contributed by atoms with Gasteiger partial charge < -0.3 is 9.30 Å². The Hall–Kier alpha value is -5.86. The lowest BCUT2D eigenvalue weighted by Gasteiger charge is -2.39. The quantitative estimate of drug-likeness (QED) is 0.192. The van der Waals surface area contributed by atoms with Gasteiger partial charge in [-0.2, -0.15) is 0 Å². The lowest BCUT2D eigenvalue weighted by Crippen LogP contribution is -2.32. The normalized spacial score (nSPS) is 22.1. The van der Waals surface area contributed by atoms with Gasteiger partial charge >= 0.3 is 0 Å². The summed E-state index contributed by atoms with van der Waals surface area (Å²) in [5, 5.41) is -1.21. The third kappa shape index (κ3) is 3.23. The summed E-state index contributed by atoms with van der Waals surface area (Å²) in [5.74, 6) is -1.71. The van der Waals surface area contributed by atoms with Gasteiger partial charge in [0.05, 0.1) is 53.5 Å². The molecule has 0 saturated heterocycles. The fraction of sp³-hybridized carbons (Fsp3) is 0.0233. The highest BCUT2D eigenvalue weighted by Gasteiger charge is 2.50. The van der Waals surface area contributed by atoms with Gasteiger partial charge in [-0.1, -0.05) is 115 Å². The minimum absolute atomic E-state index is 0.583. The molecule has 0 unspecified atom stereocenters. The van der Waals surface area contributed by atoms with E-state index in [2.05, 4.69) is 0 Å². The molecular weight excluding hydrogens is 546 g/mol. The van der Waals surface area contributed by atoms with Crippen LogP contribution in [0.1, 0.15) is 59.3 Å². The Morgan fingerprint density at radius 2 is 1.02 bits per heavy atom. The molecule has 0 N–H and O–H groups in total. The van der Waals surface area contributed by atoms with Gasteiger partial charge in [0.2, 0.25) is 0 Å². The van der Waals surface area contributed by atoms with Crippen LogP contribution in [0.5, 0.6) is 11.5 Å². The molecule has 2 heterocycles. The van der Waals surface area contributed by atoms with Crippen LogP contribution in [0.25, 0.3) is 49.7 Å². The molecule has 1 aliphatic carbocycles. The summed E-state index contributed by atoms with van der Waals surface area (Å²) in [4.78, 5) is 0. The number of rotatable bonds is 2. The fourth-order valence-electron chi connectivity index (χ4n) is 6.13. The van der Waals surface area contributed by atoms with Crippen LogP contribution in [-0.4, -0.2) is 4.57 Å². The van der Waals surface area contributed by atoms with E-state index in [1.807, 2.05) is 0 Å². The Bertz CT molecular complexity index is 3890. The highest BCUT2D eigenvalue weighted by Crippen LogP contribution is 2.62. The van der Waals surface area contributed by atoms with Gasteiger partial charge in [-0.15, -0.1) is 0 Å². The molecule has 8 aromatic rings. The molecule has 7 aromatic carbocycles. The van der Waals surface area contributed by atoms with E-state index < -0.39 is 252 Å². The van der Waals surface area contributed by atoms with Crippen molar-refractivity contribution in [1.29, 1.82) is 0 Å². The Balaban J connectivity index is 1.48. The second-order valence-corrected chi connectivity index (χ2v) is 10.0. The number of para-hydroxylation sites is 3. The zero-order chi connectivity index (χ0) is 53.0. The van der Waals surface area contributed by atoms with Gasteiger partial charge in [-0.05, 0) is 81.7 Å². The average molecular weight is 601 g/mol. The van der Waals surface area contributed by atoms with Gasteiger partial charge in [0.15, 0.2) is 0 Å². The predicted octanol–water partition coefficient (Wildman–Crippen LogP) is 10.9. The number of hydrogen-bond acceptors (Lipinski definition) is 1. The molecule has 1 aromatic heterocycles. The van der Waals surface area contributed by atoms with Crippen LogP contribution < -0.4 is 4.74 Å². The molecule has 10 rings (SSSR count). The molecule has 210 valence electrons. The number of hydrogen-bond donors (Lipinski definition) is 0. The Morgan fingerprint density at radius 3 is 1.82 bits per heavy atom. The average Bonchev–Trinajstić information content (AvgIpc) is 3.86. The van der Waals surface area contributed by atoms with Crippen molar-refractivity contribution in [2.75, 3.05) is 0 Å². The SMILES string of the molecule is [2H]c1c([2H])c([2H])c(-n2c3c([2H])c([2H])c([2H])c([2H])c3c3c([2H])c(-c4c([2H])c([2H])c5c(c4[2H])C4(c6c([2H])c([2H])c([2H])c([2H])c6O5)c5c([2H])c([2H])c([2H])c([2H])c5-c5c([2H])c([2H])c([2H])c([2H])c54)c([2H])c([2H])c32)c([2H])c1[2H]. The van der Waals surface area contributed by atoms with Gasteiger partial charge in [-0.3, -0.25) is 0 Å². The van der Waals surface area contributed by atoms with Crippen LogP contribution >= 0.6 is 0 Å². The maximum atomic E-state index is 10.2. The fourth-order valence-corrected chi connectivity index (χ4v) is 6.13. The van der Waals surface area contributed by atoms with Gasteiger partial charge in [-0.25, -0.2) is 0 Å². The molecule has 0 radical (unpaired) electrons. The molecule has 2 nitrogen and oxygen atoms in total. The van der Waals surface area contributed by atoms with E-state index in [4.69, 9.17) is 26.7 Å². The van der Waals surface area contributed by atoms with Crippen molar-refractivity contribution in [3.63, 3.8) is 0 Å². The van der Waals surface area contributed by atoms with Crippen molar-refractivity contribution in [2.24, 2.45) is 0 Å². The van der Waals surface area contributed by atoms with E-state index in [9.17, 15) is 15.1 Å². The summed E-state index contributed by atoms with van der Waals surface area (Å²) >= 11 is 0. The molecule has 0 bridgehead atoms. The summed E-state index contributed by atoms with van der Waals surface area (Å²) < 4.78 is 251. The van der Waals surface area contributed by atoms with Gasteiger partial charge in [0.25, 0.3) is 0 Å². The number of fused-ring (bicyclic) bond motifs is 12. The smallest absolute Gasteiger partial charge is 0.132 e. The van der Waals surface area contributed by atoms with Crippen molar-refractivity contribution in [3.05, 3.63) is 185 Å². The first-order chi connectivity index (χ1) is 33.6. The van der Waals surface area contributed by atoms with E-state index in [1.54, 1.807) is 0 Å². The summed E-state index contributed by atoms with van der Waals surface area (Å²) in [6, 6.07) is -25.6. The maximum absolute atomic E-state index is 10.2. The van der Waals surface area contributed by atoms with Crippen LogP contribution in [0, 0.1) is 0 Å². The van der Waals surface area contributed by atoms with E-state index in [0.717, 1.165) is 4.57 Å². The number of ether oxygens (including phenoxy) is 1. The molecule has 1 aliphatic heterocycles. The zero-order valence-corrected chi connectivity index (χ0v) is 22.4. The highest BCUT2D eigenvalue weighted by atomic mass is 16.5. The largest absolute Gasteiger partial charge is 0.457 e. The van der Waals surface area contributed by atoms with Crippen LogP contribution in [0.3, 0.4) is 0 Å². The van der Waals surface area contributed by atoms with E-state index in [0.29, 0.717) is 0 Å². The van der Waals surface area contributed by atoms with Crippen molar-refractivity contribution in [2.45, 2.75) is 5.41 Å². The Labute approximate surface area is 299 Å². The van der Waals surface area contributed by atoms with Crippen molar-refractivity contribution in [3.8, 4) is 39.4 Å². The Morgan fingerprint density at radius 1 is 0.444 bits per heavy atom. The van der Waals surface area contributed by atoms with Crippen molar-refractivity contribution >= 4 is 21.8 Å². The molecule has 1 spiro atoms. The van der Waals surface area contributed by atoms with Crippen molar-refractivity contribution < 1.29 is 41.7 Å². The van der Waals surface area contributed by atoms with Gasteiger partial charge in [0.1, 0.15) is 11.5 Å². The van der Waals surface area contributed by atoms with Crippen LogP contribution in [-0.2, 0) is 5.41 Å². The topological polar surface area (TPSA) is 14.2 Å². The summed E-state index contributed by atoms with van der Waals surface area (Å²) in [5.41, 5.74) is -10.9. The molecule has 0 atom stereocenters. The number of benzene rings is 7. The first-order valence-corrected chi connectivity index (χ1v) is 13.3. The van der Waals surface area contributed by atoms with Crippen molar-refractivity contribution in [1.82, 2.24) is 4.57 Å². The first-order valence-electron chi connectivity index (χ1n) is 26.8. The third-order valence-electron chi connectivity index (χ3n) is 7.88. The summed E-state index contributed by atoms with van der Waals surface area (Å²) in [7, 11) is 0. The lowest BCUT2D eigenvalue weighted by molar-refractivity contribution is 0.436. The molecule has 0 fully saturated rings. The predicted molar refractivity (Wildman–Crippen MR) is 184 cm³/mol. The number of aromatic nitrogens is 1. The summed E-state index contributed by atoms with van der Waals surface area (Å²) in [6.07, 6.45) is 0. The molecule has 0 amide bonds. The number of nitrogens with zero attached hydrogens (tertiary/aromatic N) is 1. The second kappa shape index (κ2) is 9.07. The lowest BCUT2D eigenvalue weighted by atomic mass is 9.66. The molecule has 2 heteroatoms. The van der Waals surface area contributed by atoms with Crippen LogP contribution in [0.4, 0.5) is 0 Å². The maximum Gasteiger partial charge on any atom is 0.132 e. The second-order valence-electron chi connectivity index (χ2n) is 10.0. The highest BCUT2D eigenvalue weighted by molar-refractivity contribution is 6.10. The molecular formula is C43H27NO. The molecule has 45 heavy (non-hydrogen) atoms. The summed E-state index contributed by atoms with van der Waals surface area (Å²) in [6.45, 7) is 0. The molecule has 0 saturated carbocycles. The zero-order valence-electron chi connectivity index (χ0n) is 49.4. The van der Waals surface area contributed by atoms with E-state index in [-0.39, 0.29) is 0 Å². The minimum Gasteiger partial charge on any atom is -0.457 e. The standard InChI is InChI=1S/C43H27NO/c1-2-12-30(13-3-1)44-39-20-10-6-16-33(39)34-26-28(22-24-40(34)44)29-23-25-42-38(27-29)43(37-19-9-11-21-41(37)45-42)35-17-7-4-14-31(35)32-15-5-8-18-36(32)43/h1-27H/i1D,2D,3D,4D,5D,6D,7D,8D,9D,10D,11D,12D,13D,14D,15D,16D,17D,18D,19D,20D,21D,22D,23D,24D,25D,26D,27D. The van der Waals surface area contributed by atoms with E-state index in [1.165, 1.54) is 0 Å². The first kappa shape index (κ1) is 10.1.